The molecule has 2 aliphatic rings. The van der Waals surface area contributed by atoms with E-state index in [9.17, 15) is 5.26 Å². The Morgan fingerprint density at radius 1 is 0.673 bits per heavy atom. The van der Waals surface area contributed by atoms with Crippen LogP contribution in [0.5, 0.6) is 0 Å². The molecule has 0 amide bonds. The second kappa shape index (κ2) is 11.8. The second-order valence-electron chi connectivity index (χ2n) is 14.1. The summed E-state index contributed by atoms with van der Waals surface area (Å²) in [6.45, 7) is 4.71. The van der Waals surface area contributed by atoms with Crippen molar-refractivity contribution in [3.8, 4) is 6.07 Å². The van der Waals surface area contributed by atoms with Crippen molar-refractivity contribution in [2.45, 2.75) is 37.5 Å². The van der Waals surface area contributed by atoms with Gasteiger partial charge in [-0.2, -0.15) is 9.84 Å². The van der Waals surface area contributed by atoms with Gasteiger partial charge in [-0.1, -0.05) is 115 Å². The summed E-state index contributed by atoms with van der Waals surface area (Å²) in [7, 11) is 4.31. The Balaban J connectivity index is 1.32. The van der Waals surface area contributed by atoms with Crippen molar-refractivity contribution in [2.24, 2.45) is 0 Å². The number of hydrogen-bond donors (Lipinski definition) is 0. The molecule has 238 valence electrons. The van der Waals surface area contributed by atoms with Crippen LogP contribution in [-0.4, -0.2) is 24.4 Å². The van der Waals surface area contributed by atoms with Gasteiger partial charge >= 0.3 is 0 Å². The Labute approximate surface area is 289 Å². The molecule has 6 aromatic carbocycles. The Morgan fingerprint density at radius 2 is 1.20 bits per heavy atom. The Hall–Kier alpha value is -5.72. The van der Waals surface area contributed by atoms with Crippen LogP contribution in [-0.2, 0) is 23.7 Å². The molecular formula is C46H40N3+. The van der Waals surface area contributed by atoms with Gasteiger partial charge in [0.05, 0.1) is 17.1 Å². The van der Waals surface area contributed by atoms with Crippen LogP contribution in [0.3, 0.4) is 0 Å². The van der Waals surface area contributed by atoms with Gasteiger partial charge in [-0.3, -0.25) is 0 Å². The van der Waals surface area contributed by atoms with Crippen molar-refractivity contribution in [1.29, 1.82) is 5.26 Å². The lowest BCUT2D eigenvalue weighted by Gasteiger charge is -2.30. The van der Waals surface area contributed by atoms with Gasteiger partial charge in [0.15, 0.2) is 5.71 Å². The normalized spacial score (nSPS) is 21.0. The number of anilines is 1. The van der Waals surface area contributed by atoms with Crippen LogP contribution in [0, 0.1) is 11.3 Å². The average Bonchev–Trinajstić information content (AvgIpc) is 3.47. The first-order valence-electron chi connectivity index (χ1n) is 17.1. The number of fused-ring (bicyclic) bond motifs is 6. The molecule has 0 saturated heterocycles. The van der Waals surface area contributed by atoms with Crippen molar-refractivity contribution in [2.75, 3.05) is 19.0 Å². The number of nitrogens with zero attached hydrogens (tertiary/aromatic N) is 3. The van der Waals surface area contributed by atoms with Gasteiger partial charge in [0, 0.05) is 41.6 Å². The molecule has 0 saturated carbocycles. The maximum atomic E-state index is 10.9. The van der Waals surface area contributed by atoms with E-state index in [0.29, 0.717) is 5.57 Å². The largest absolute Gasteiger partial charge is 0.347 e. The molecule has 2 heterocycles. The fourth-order valence-electron chi connectivity index (χ4n) is 8.77. The first-order valence-corrected chi connectivity index (χ1v) is 17.1. The van der Waals surface area contributed by atoms with Crippen LogP contribution in [0.4, 0.5) is 11.4 Å². The molecule has 0 bridgehead atoms. The predicted octanol–water partition coefficient (Wildman–Crippen LogP) is 10.2. The minimum atomic E-state index is -0.360. The van der Waals surface area contributed by atoms with Crippen molar-refractivity contribution in [3.05, 3.63) is 179 Å². The molecule has 0 aromatic heterocycles. The van der Waals surface area contributed by atoms with E-state index in [1.807, 2.05) is 0 Å². The summed E-state index contributed by atoms with van der Waals surface area (Å²) >= 11 is 0. The topological polar surface area (TPSA) is 30.0 Å². The quantitative estimate of drug-likeness (QED) is 0.135. The predicted molar refractivity (Wildman–Crippen MR) is 204 cm³/mol. The molecule has 8 rings (SSSR count). The highest BCUT2D eigenvalue weighted by Crippen LogP contribution is 2.52. The van der Waals surface area contributed by atoms with Gasteiger partial charge in [-0.15, -0.1) is 0 Å². The highest BCUT2D eigenvalue weighted by Gasteiger charge is 2.48. The minimum absolute atomic E-state index is 0.360. The van der Waals surface area contributed by atoms with Crippen LogP contribution >= 0.6 is 0 Å². The third-order valence-corrected chi connectivity index (χ3v) is 11.0. The SMILES string of the molecule is CN1/C(=C/C(C#N)=C/C2=[N+](C)c3ccc4ccccc4c3C2(C)Cc2ccccc2)C(C)(Cc2ccccc2)c2c1ccc1ccccc21. The van der Waals surface area contributed by atoms with E-state index in [2.05, 4.69) is 189 Å². The van der Waals surface area contributed by atoms with Crippen molar-refractivity contribution in [3.63, 3.8) is 0 Å². The fraction of sp³-hybridized carbons (Fsp3) is 0.174. The Bertz CT molecular complexity index is 2390. The maximum Gasteiger partial charge on any atom is 0.210 e. The molecule has 0 fully saturated rings. The summed E-state index contributed by atoms with van der Waals surface area (Å²) < 4.78 is 2.31. The molecule has 0 radical (unpaired) electrons. The molecule has 2 aliphatic heterocycles. The molecule has 3 heteroatoms. The van der Waals surface area contributed by atoms with Crippen LogP contribution in [0.2, 0.25) is 0 Å². The monoisotopic (exact) mass is 634 g/mol. The van der Waals surface area contributed by atoms with E-state index < -0.39 is 0 Å². The average molecular weight is 635 g/mol. The zero-order valence-electron chi connectivity index (χ0n) is 28.6. The number of likely N-dealkylation sites (N-methyl/N-ethyl adjacent to an activating group) is 1. The molecule has 0 aliphatic carbocycles. The lowest BCUT2D eigenvalue weighted by atomic mass is 9.72. The third kappa shape index (κ3) is 4.90. The van der Waals surface area contributed by atoms with Gasteiger partial charge < -0.3 is 4.90 Å². The van der Waals surface area contributed by atoms with E-state index >= 15 is 0 Å². The fourth-order valence-corrected chi connectivity index (χ4v) is 8.77. The number of rotatable bonds is 6. The molecule has 2 unspecified atom stereocenters. The van der Waals surface area contributed by atoms with E-state index in [0.717, 1.165) is 24.3 Å². The van der Waals surface area contributed by atoms with E-state index in [4.69, 9.17) is 0 Å². The molecule has 6 aromatic rings. The van der Waals surface area contributed by atoms with Gasteiger partial charge in [0.2, 0.25) is 5.69 Å². The maximum absolute atomic E-state index is 10.9. The van der Waals surface area contributed by atoms with E-state index in [-0.39, 0.29) is 10.8 Å². The van der Waals surface area contributed by atoms with Crippen LogP contribution < -0.4 is 4.90 Å². The van der Waals surface area contributed by atoms with Gasteiger partial charge in [0.25, 0.3) is 0 Å². The Morgan fingerprint density at radius 3 is 1.82 bits per heavy atom. The molecule has 0 spiro atoms. The second-order valence-corrected chi connectivity index (χ2v) is 14.1. The molecule has 0 N–H and O–H groups in total. The first-order chi connectivity index (χ1) is 23.8. The number of hydrogen-bond acceptors (Lipinski definition) is 2. The zero-order valence-corrected chi connectivity index (χ0v) is 28.6. The third-order valence-electron chi connectivity index (χ3n) is 11.0. The van der Waals surface area contributed by atoms with Crippen molar-refractivity contribution < 1.29 is 4.58 Å². The summed E-state index contributed by atoms with van der Waals surface area (Å²) in [5.41, 5.74) is 9.76. The molecule has 2 atom stereocenters. The summed E-state index contributed by atoms with van der Waals surface area (Å²) in [5.74, 6) is 0. The number of nitriles is 1. The van der Waals surface area contributed by atoms with Gasteiger partial charge in [-0.05, 0) is 83.1 Å². The van der Waals surface area contributed by atoms with Crippen molar-refractivity contribution >= 4 is 38.6 Å². The summed E-state index contributed by atoms with van der Waals surface area (Å²) in [4.78, 5) is 2.31. The molecular weight excluding hydrogens is 595 g/mol. The van der Waals surface area contributed by atoms with E-state index in [1.54, 1.807) is 0 Å². The minimum Gasteiger partial charge on any atom is -0.347 e. The standard InChI is InChI=1S/C46H40N3/c1-45(29-32-15-7-5-8-16-32)41(48(3)39-25-23-35-19-11-13-21-37(35)43(39)45)27-34(31-47)28-42-46(2,30-33-17-9-6-10-18-33)44-38-22-14-12-20-36(38)24-26-40(44)49(42)4/h5-28H,29-30H2,1-4H3/q+1. The molecule has 49 heavy (non-hydrogen) atoms. The summed E-state index contributed by atoms with van der Waals surface area (Å²) in [6, 6.07) is 50.4. The molecule has 3 nitrogen and oxygen atoms in total. The van der Waals surface area contributed by atoms with Gasteiger partial charge in [0.1, 0.15) is 7.05 Å². The van der Waals surface area contributed by atoms with E-state index in [1.165, 1.54) is 55.2 Å². The highest BCUT2D eigenvalue weighted by molar-refractivity contribution is 6.09. The van der Waals surface area contributed by atoms with Crippen molar-refractivity contribution in [1.82, 2.24) is 0 Å². The number of benzene rings is 6. The Kier molecular flexibility index (Phi) is 7.34. The summed E-state index contributed by atoms with van der Waals surface area (Å²) in [6.07, 6.45) is 5.96. The van der Waals surface area contributed by atoms with Crippen LogP contribution in [0.15, 0.2) is 157 Å². The lowest BCUT2D eigenvalue weighted by molar-refractivity contribution is -0.401. The lowest BCUT2D eigenvalue weighted by Crippen LogP contribution is -2.33. The van der Waals surface area contributed by atoms with Crippen LogP contribution in [0.1, 0.15) is 36.1 Å². The summed E-state index contributed by atoms with van der Waals surface area (Å²) in [5, 5.41) is 15.9. The number of allylic oxidation sites excluding steroid dienone is 4. The van der Waals surface area contributed by atoms with Crippen LogP contribution in [0.25, 0.3) is 21.5 Å². The smallest absolute Gasteiger partial charge is 0.210 e. The van der Waals surface area contributed by atoms with Gasteiger partial charge in [-0.25, -0.2) is 0 Å². The first kappa shape index (κ1) is 30.6. The zero-order chi connectivity index (χ0) is 33.8. The highest BCUT2D eigenvalue weighted by atomic mass is 15.2.